The van der Waals surface area contributed by atoms with Crippen molar-refractivity contribution >= 4 is 0 Å². The number of rotatable bonds is 0. The number of nitrogens with zero attached hydrogens (tertiary/aromatic N) is 3. The number of ether oxygens (including phenoxy) is 2. The monoisotopic (exact) mass is 282 g/mol. The summed E-state index contributed by atoms with van der Waals surface area (Å²) in [5.41, 5.74) is 2.23. The zero-order chi connectivity index (χ0) is 14.2. The Hall–Kier alpha value is -1.01. The van der Waals surface area contributed by atoms with Crippen molar-refractivity contribution in [2.24, 2.45) is 0 Å². The molecular weight excluding hydrogens is 254 g/mol. The van der Waals surface area contributed by atoms with Crippen LogP contribution in [0, 0.1) is 0 Å². The third-order valence-corrected chi connectivity index (χ3v) is 3.33. The van der Waals surface area contributed by atoms with Gasteiger partial charge in [-0.1, -0.05) is 6.07 Å². The summed E-state index contributed by atoms with van der Waals surface area (Å²) in [6.07, 6.45) is 0. The second-order valence-electron chi connectivity index (χ2n) is 5.32. The van der Waals surface area contributed by atoms with Crippen LogP contribution in [-0.2, 0) is 22.6 Å². The van der Waals surface area contributed by atoms with Crippen LogP contribution in [-0.4, -0.2) is 68.4 Å². The van der Waals surface area contributed by atoms with Crippen LogP contribution in [0.5, 0.6) is 0 Å². The van der Waals surface area contributed by atoms with Crippen LogP contribution in [0.15, 0.2) is 18.2 Å². The maximum Gasteiger partial charge on any atom is 1.00 e. The van der Waals surface area contributed by atoms with E-state index in [1.165, 1.54) is 0 Å². The van der Waals surface area contributed by atoms with Gasteiger partial charge in [0.25, 0.3) is 0 Å². The molecule has 0 fully saturated rings. The van der Waals surface area contributed by atoms with E-state index < -0.39 is 0 Å². The summed E-state index contributed by atoms with van der Waals surface area (Å²) in [4.78, 5) is 9.18. The van der Waals surface area contributed by atoms with E-state index in [-0.39, 0.29) is 4.28 Å². The molecule has 1 aliphatic rings. The first-order chi connectivity index (χ1) is 9.74. The number of fused-ring (bicyclic) bond motifs is 2. The molecule has 2 heterocycles. The van der Waals surface area contributed by atoms with Gasteiger partial charge in [-0.2, -0.15) is 0 Å². The molecule has 0 amide bonds. The van der Waals surface area contributed by atoms with Crippen molar-refractivity contribution in [1.82, 2.24) is 14.8 Å². The zero-order valence-electron chi connectivity index (χ0n) is 15.5. The van der Waals surface area contributed by atoms with Crippen molar-refractivity contribution in [1.29, 1.82) is 0 Å². The molecule has 2 bridgehead atoms. The van der Waals surface area contributed by atoms with Gasteiger partial charge in [0.15, 0.2) is 0 Å². The molecule has 0 N–H and O–H groups in total. The minimum Gasteiger partial charge on any atom is -0.378 e. The van der Waals surface area contributed by atoms with Crippen LogP contribution < -0.4 is 0 Å². The first-order valence-electron chi connectivity index (χ1n) is 7.21. The minimum absolute atomic E-state index is 0. The molecule has 1 aliphatic heterocycles. The second kappa shape index (κ2) is 8.32. The van der Waals surface area contributed by atoms with Crippen LogP contribution in [0.4, 0.5) is 0 Å². The molecule has 0 atom stereocenters. The third-order valence-electron chi connectivity index (χ3n) is 3.33. The van der Waals surface area contributed by atoms with Gasteiger partial charge in [-0.05, 0) is 26.2 Å². The van der Waals surface area contributed by atoms with Crippen molar-refractivity contribution in [2.45, 2.75) is 13.1 Å². The molecule has 5 heteroatoms. The maximum atomic E-state index is 5.56. The molecule has 0 unspecified atom stereocenters. The Bertz CT molecular complexity index is 380. The SMILES string of the molecule is CN1CCOCCOCCN(C)Cc2cccc(n2)C1.[H+].[H+].[H+]. The van der Waals surface area contributed by atoms with E-state index in [2.05, 4.69) is 42.1 Å². The van der Waals surface area contributed by atoms with Crippen molar-refractivity contribution in [3.8, 4) is 0 Å². The van der Waals surface area contributed by atoms with E-state index >= 15 is 0 Å². The molecule has 112 valence electrons. The zero-order valence-corrected chi connectivity index (χ0v) is 12.5. The molecule has 0 aromatic carbocycles. The maximum absolute atomic E-state index is 5.56. The quantitative estimate of drug-likeness (QED) is 0.718. The highest BCUT2D eigenvalue weighted by molar-refractivity contribution is 5.11. The average Bonchev–Trinajstić information content (AvgIpc) is 2.41. The summed E-state index contributed by atoms with van der Waals surface area (Å²) < 4.78 is 11.1. The highest BCUT2D eigenvalue weighted by atomic mass is 16.5. The van der Waals surface area contributed by atoms with Crippen LogP contribution in [0.25, 0.3) is 0 Å². The number of aromatic nitrogens is 1. The predicted octanol–water partition coefficient (Wildman–Crippen LogP) is 1.33. The number of hydrogen-bond donors (Lipinski definition) is 0. The van der Waals surface area contributed by atoms with Gasteiger partial charge < -0.3 is 9.47 Å². The number of pyridine rings is 1. The fourth-order valence-electron chi connectivity index (χ4n) is 2.18. The topological polar surface area (TPSA) is 37.8 Å². The lowest BCUT2D eigenvalue weighted by molar-refractivity contribution is 0.0343. The van der Waals surface area contributed by atoms with Gasteiger partial charge in [-0.15, -0.1) is 0 Å². The van der Waals surface area contributed by atoms with Crippen molar-refractivity contribution in [3.05, 3.63) is 29.6 Å². The fraction of sp³-hybridized carbons (Fsp3) is 0.667. The summed E-state index contributed by atoms with van der Waals surface area (Å²) in [7, 11) is 4.19. The standard InChI is InChI=1S/C15H25N3O2/c1-17-6-8-19-10-11-20-9-7-18(2)13-15-5-3-4-14(12-17)16-15/h3-5H,6-13H2,1-2H3/p+3. The highest BCUT2D eigenvalue weighted by Gasteiger charge is 2.06. The smallest absolute Gasteiger partial charge is 0.378 e. The summed E-state index contributed by atoms with van der Waals surface area (Å²) in [6.45, 7) is 6.35. The average molecular weight is 282 g/mol. The lowest BCUT2D eigenvalue weighted by Crippen LogP contribution is -2.24. The molecule has 20 heavy (non-hydrogen) atoms. The van der Waals surface area contributed by atoms with Crippen LogP contribution >= 0.6 is 0 Å². The van der Waals surface area contributed by atoms with E-state index in [1.807, 2.05) is 0 Å². The van der Waals surface area contributed by atoms with Gasteiger partial charge in [0.2, 0.25) is 0 Å². The molecule has 0 spiro atoms. The van der Waals surface area contributed by atoms with Gasteiger partial charge in [-0.25, -0.2) is 0 Å². The predicted molar refractivity (Wildman–Crippen MR) is 81.9 cm³/mol. The van der Waals surface area contributed by atoms with Crippen LogP contribution in [0.3, 0.4) is 0 Å². The number of likely N-dealkylation sites (N-methyl/N-ethyl adjacent to an activating group) is 2. The van der Waals surface area contributed by atoms with E-state index in [9.17, 15) is 0 Å². The number of hydrogen-bond acceptors (Lipinski definition) is 5. The highest BCUT2D eigenvalue weighted by Crippen LogP contribution is 2.05. The van der Waals surface area contributed by atoms with E-state index in [1.54, 1.807) is 0 Å². The first-order valence-corrected chi connectivity index (χ1v) is 7.21. The molecular formula is C15H28N3O2+3. The van der Waals surface area contributed by atoms with Gasteiger partial charge in [0.05, 0.1) is 37.8 Å². The molecule has 0 aliphatic carbocycles. The van der Waals surface area contributed by atoms with E-state index in [0.717, 1.165) is 50.8 Å². The lowest BCUT2D eigenvalue weighted by Gasteiger charge is -2.17. The fourth-order valence-corrected chi connectivity index (χ4v) is 2.18. The molecule has 0 saturated carbocycles. The summed E-state index contributed by atoms with van der Waals surface area (Å²) >= 11 is 0. The molecule has 5 nitrogen and oxygen atoms in total. The van der Waals surface area contributed by atoms with Crippen LogP contribution in [0.1, 0.15) is 15.7 Å². The second-order valence-corrected chi connectivity index (χ2v) is 5.32. The summed E-state index contributed by atoms with van der Waals surface area (Å²) in [6, 6.07) is 6.26. The Kier molecular flexibility index (Phi) is 6.39. The van der Waals surface area contributed by atoms with Crippen molar-refractivity contribution in [2.75, 3.05) is 53.6 Å². The Morgan fingerprint density at radius 1 is 0.900 bits per heavy atom. The van der Waals surface area contributed by atoms with Gasteiger partial charge >= 0.3 is 4.28 Å². The molecule has 1 aromatic heterocycles. The summed E-state index contributed by atoms with van der Waals surface area (Å²) in [5, 5.41) is 0. The first kappa shape index (κ1) is 15.4. The molecule has 0 radical (unpaired) electrons. The Morgan fingerprint density at radius 3 is 1.90 bits per heavy atom. The minimum atomic E-state index is 0. The van der Waals surface area contributed by atoms with E-state index in [0.29, 0.717) is 13.2 Å². The Morgan fingerprint density at radius 2 is 1.40 bits per heavy atom. The van der Waals surface area contributed by atoms with Crippen molar-refractivity contribution < 1.29 is 13.8 Å². The Labute approximate surface area is 125 Å². The van der Waals surface area contributed by atoms with Crippen molar-refractivity contribution in [3.63, 3.8) is 0 Å². The Balaban J connectivity index is 0. The van der Waals surface area contributed by atoms with Gasteiger partial charge in [0.1, 0.15) is 0 Å². The summed E-state index contributed by atoms with van der Waals surface area (Å²) in [5.74, 6) is 0. The van der Waals surface area contributed by atoms with Gasteiger partial charge in [0, 0.05) is 26.2 Å². The normalized spacial score (nSPS) is 21.1. The van der Waals surface area contributed by atoms with Crippen LogP contribution in [0.2, 0.25) is 0 Å². The third kappa shape index (κ3) is 5.54. The largest absolute Gasteiger partial charge is 1.00 e. The molecule has 0 saturated heterocycles. The van der Waals surface area contributed by atoms with E-state index in [4.69, 9.17) is 14.5 Å². The van der Waals surface area contributed by atoms with Gasteiger partial charge in [-0.3, -0.25) is 14.8 Å². The molecule has 1 aromatic rings. The molecule has 2 rings (SSSR count). The lowest BCUT2D eigenvalue weighted by atomic mass is 10.2.